The second kappa shape index (κ2) is 6.35. The van der Waals surface area contributed by atoms with Crippen LogP contribution < -0.4 is 0 Å². The van der Waals surface area contributed by atoms with E-state index < -0.39 is 0 Å². The van der Waals surface area contributed by atoms with Crippen LogP contribution in [0.25, 0.3) is 10.8 Å². The molecule has 2 heterocycles. The minimum Gasteiger partial charge on any atom is -0.411 e. The molecule has 5 atom stereocenters. The van der Waals surface area contributed by atoms with Crippen LogP contribution in [0, 0.1) is 11.3 Å². The van der Waals surface area contributed by atoms with Crippen molar-refractivity contribution in [2.24, 2.45) is 16.5 Å². The van der Waals surface area contributed by atoms with Gasteiger partial charge in [0.15, 0.2) is 0 Å². The Morgan fingerprint density at radius 1 is 1.03 bits per heavy atom. The zero-order valence-corrected chi connectivity index (χ0v) is 18.8. The fourth-order valence-electron chi connectivity index (χ4n) is 8.30. The standard InChI is InChI=1S/C29H31NO2/c1-27-13-12-23-17-22-8-9-24(30-31)18-28(22)14-15-29(23,32-28)26(27)11-10-25(27)21-7-6-19-4-2-3-5-20(19)16-21/h2-7,12,16-17,25-26,31H,8-11,13-15,18H2,1H3/b30-24+/t25-,26-,27-,28-,29-/m1/s1. The highest BCUT2D eigenvalue weighted by Crippen LogP contribution is 2.69. The number of ether oxygens (including phenoxy) is 1. The maximum atomic E-state index is 9.46. The second-order valence-corrected chi connectivity index (χ2v) is 11.2. The quantitative estimate of drug-likeness (QED) is 0.398. The molecule has 2 aromatic rings. The number of fused-ring (bicyclic) bond motifs is 2. The molecular weight excluding hydrogens is 394 g/mol. The Morgan fingerprint density at radius 2 is 1.91 bits per heavy atom. The molecule has 7 rings (SSSR count). The number of rotatable bonds is 1. The topological polar surface area (TPSA) is 41.8 Å². The maximum Gasteiger partial charge on any atom is 0.0975 e. The third kappa shape index (κ3) is 2.33. The average Bonchev–Trinajstić information content (AvgIpc) is 3.33. The summed E-state index contributed by atoms with van der Waals surface area (Å²) in [5, 5.41) is 15.7. The van der Waals surface area contributed by atoms with E-state index in [4.69, 9.17) is 4.74 Å². The van der Waals surface area contributed by atoms with Crippen molar-refractivity contribution >= 4 is 16.5 Å². The van der Waals surface area contributed by atoms with E-state index in [1.54, 1.807) is 0 Å². The lowest BCUT2D eigenvalue weighted by Crippen LogP contribution is -2.53. The van der Waals surface area contributed by atoms with Crippen LogP contribution in [0.4, 0.5) is 0 Å². The van der Waals surface area contributed by atoms with Gasteiger partial charge in [0.2, 0.25) is 0 Å². The molecule has 164 valence electrons. The lowest BCUT2D eigenvalue weighted by Gasteiger charge is -2.54. The number of nitrogens with zero attached hydrogens (tertiary/aromatic N) is 1. The van der Waals surface area contributed by atoms with Crippen molar-refractivity contribution in [3.05, 3.63) is 71.3 Å². The Kier molecular flexibility index (Phi) is 3.79. The summed E-state index contributed by atoms with van der Waals surface area (Å²) in [6.45, 7) is 2.53. The zero-order chi connectivity index (χ0) is 21.6. The van der Waals surface area contributed by atoms with Crippen LogP contribution in [0.3, 0.4) is 0 Å². The zero-order valence-electron chi connectivity index (χ0n) is 18.8. The molecule has 0 aromatic heterocycles. The van der Waals surface area contributed by atoms with E-state index in [0.29, 0.717) is 11.8 Å². The molecule has 2 aliphatic heterocycles. The summed E-state index contributed by atoms with van der Waals surface area (Å²) in [7, 11) is 0. The summed E-state index contributed by atoms with van der Waals surface area (Å²) < 4.78 is 7.22. The number of benzene rings is 2. The van der Waals surface area contributed by atoms with Gasteiger partial charge in [-0.3, -0.25) is 0 Å². The lowest BCUT2D eigenvalue weighted by atomic mass is 9.58. The maximum absolute atomic E-state index is 9.46. The molecular formula is C29H31NO2. The molecule has 5 aliphatic rings. The van der Waals surface area contributed by atoms with Crippen LogP contribution in [-0.4, -0.2) is 22.1 Å². The minimum absolute atomic E-state index is 0.153. The Labute approximate surface area is 189 Å². The highest BCUT2D eigenvalue weighted by molar-refractivity contribution is 5.87. The molecule has 2 spiro atoms. The molecule has 0 unspecified atom stereocenters. The van der Waals surface area contributed by atoms with E-state index >= 15 is 0 Å². The van der Waals surface area contributed by atoms with Gasteiger partial charge in [0.05, 0.1) is 16.9 Å². The predicted octanol–water partition coefficient (Wildman–Crippen LogP) is 6.91. The van der Waals surface area contributed by atoms with Gasteiger partial charge in [0.25, 0.3) is 0 Å². The van der Waals surface area contributed by atoms with Crippen molar-refractivity contribution in [1.82, 2.24) is 0 Å². The molecule has 3 heteroatoms. The van der Waals surface area contributed by atoms with Gasteiger partial charge in [-0.1, -0.05) is 66.7 Å². The molecule has 2 saturated carbocycles. The Bertz CT molecular complexity index is 1220. The first kappa shape index (κ1) is 19.1. The van der Waals surface area contributed by atoms with E-state index in [1.807, 2.05) is 0 Å². The van der Waals surface area contributed by atoms with E-state index in [-0.39, 0.29) is 16.6 Å². The van der Waals surface area contributed by atoms with Gasteiger partial charge in [-0.05, 0) is 89.7 Å². The summed E-state index contributed by atoms with van der Waals surface area (Å²) >= 11 is 0. The molecule has 2 aromatic carbocycles. The molecule has 1 N–H and O–H groups in total. The first-order valence-electron chi connectivity index (χ1n) is 12.4. The van der Waals surface area contributed by atoms with Crippen LogP contribution in [0.1, 0.15) is 69.8 Å². The average molecular weight is 426 g/mol. The Balaban J connectivity index is 1.30. The summed E-state index contributed by atoms with van der Waals surface area (Å²) in [4.78, 5) is 0. The SMILES string of the molecule is C[C@]12CC=C3C=C4CC/C(=N\O)C[C@]45CC[C@]3(O5)[C@@H]1CC[C@@H]2c1ccc2ccccc2c1. The third-order valence-corrected chi connectivity index (χ3v) is 9.83. The monoisotopic (exact) mass is 425 g/mol. The van der Waals surface area contributed by atoms with Gasteiger partial charge in [0, 0.05) is 6.42 Å². The minimum atomic E-state index is -0.226. The molecule has 0 radical (unpaired) electrons. The Morgan fingerprint density at radius 3 is 2.78 bits per heavy atom. The van der Waals surface area contributed by atoms with Gasteiger partial charge >= 0.3 is 0 Å². The van der Waals surface area contributed by atoms with Gasteiger partial charge in [-0.2, -0.15) is 0 Å². The molecule has 3 aliphatic carbocycles. The second-order valence-electron chi connectivity index (χ2n) is 11.2. The fraction of sp³-hybridized carbons (Fsp3) is 0.483. The highest BCUT2D eigenvalue weighted by atomic mass is 16.5. The first-order valence-corrected chi connectivity index (χ1v) is 12.4. The lowest BCUT2D eigenvalue weighted by molar-refractivity contribution is -0.126. The van der Waals surface area contributed by atoms with Crippen molar-refractivity contribution in [2.45, 2.75) is 75.4 Å². The third-order valence-electron chi connectivity index (χ3n) is 9.83. The number of oxime groups is 1. The number of hydrogen-bond acceptors (Lipinski definition) is 3. The van der Waals surface area contributed by atoms with E-state index in [2.05, 4.69) is 66.7 Å². The van der Waals surface area contributed by atoms with Gasteiger partial charge in [-0.15, -0.1) is 0 Å². The van der Waals surface area contributed by atoms with Crippen LogP contribution in [0.15, 0.2) is 70.9 Å². The summed E-state index contributed by atoms with van der Waals surface area (Å²) in [5.41, 5.74) is 5.13. The predicted molar refractivity (Wildman–Crippen MR) is 127 cm³/mol. The van der Waals surface area contributed by atoms with Gasteiger partial charge in [-0.25, -0.2) is 0 Å². The summed E-state index contributed by atoms with van der Waals surface area (Å²) in [5.74, 6) is 1.11. The number of hydrogen-bond donors (Lipinski definition) is 1. The smallest absolute Gasteiger partial charge is 0.0975 e. The number of allylic oxidation sites excluding steroid dienone is 1. The first-order chi connectivity index (χ1) is 15.6. The van der Waals surface area contributed by atoms with Crippen molar-refractivity contribution in [3.8, 4) is 0 Å². The Hall–Kier alpha value is -2.39. The molecule has 3 fully saturated rings. The van der Waals surface area contributed by atoms with Crippen LogP contribution >= 0.6 is 0 Å². The van der Waals surface area contributed by atoms with E-state index in [1.165, 1.54) is 40.3 Å². The molecule has 1 saturated heterocycles. The van der Waals surface area contributed by atoms with E-state index in [9.17, 15) is 5.21 Å². The fourth-order valence-corrected chi connectivity index (χ4v) is 8.30. The van der Waals surface area contributed by atoms with Crippen molar-refractivity contribution in [3.63, 3.8) is 0 Å². The van der Waals surface area contributed by atoms with Crippen LogP contribution in [0.5, 0.6) is 0 Å². The van der Waals surface area contributed by atoms with Crippen molar-refractivity contribution < 1.29 is 9.94 Å². The molecule has 2 bridgehead atoms. The van der Waals surface area contributed by atoms with E-state index in [0.717, 1.165) is 44.2 Å². The van der Waals surface area contributed by atoms with Crippen molar-refractivity contribution in [1.29, 1.82) is 0 Å². The highest BCUT2D eigenvalue weighted by Gasteiger charge is 2.66. The van der Waals surface area contributed by atoms with Crippen LogP contribution in [-0.2, 0) is 4.74 Å². The molecule has 32 heavy (non-hydrogen) atoms. The molecule has 0 amide bonds. The largest absolute Gasteiger partial charge is 0.411 e. The van der Waals surface area contributed by atoms with Crippen molar-refractivity contribution in [2.75, 3.05) is 0 Å². The molecule has 3 nitrogen and oxygen atoms in total. The van der Waals surface area contributed by atoms with Gasteiger partial charge in [0.1, 0.15) is 0 Å². The normalized spacial score (nSPS) is 41.1. The summed E-state index contributed by atoms with van der Waals surface area (Å²) in [6, 6.07) is 15.8. The van der Waals surface area contributed by atoms with Gasteiger partial charge < -0.3 is 9.94 Å². The summed E-state index contributed by atoms with van der Waals surface area (Å²) in [6.07, 6.45) is 13.4. The van der Waals surface area contributed by atoms with Crippen LogP contribution in [0.2, 0.25) is 0 Å².